The van der Waals surface area contributed by atoms with Crippen LogP contribution in [0.2, 0.25) is 0 Å². The van der Waals surface area contributed by atoms with Crippen LogP contribution in [0.1, 0.15) is 37.7 Å². The molecule has 6 nitrogen and oxygen atoms in total. The van der Waals surface area contributed by atoms with Gasteiger partial charge >= 0.3 is 5.97 Å². The summed E-state index contributed by atoms with van der Waals surface area (Å²) in [6.07, 6.45) is 3.63. The lowest BCUT2D eigenvalue weighted by atomic mass is 9.69. The number of rotatable bonds is 5. The number of carboxylic acids is 1. The second-order valence-electron chi connectivity index (χ2n) is 6.63. The van der Waals surface area contributed by atoms with Crippen LogP contribution in [0.4, 0.5) is 0 Å². The lowest BCUT2D eigenvalue weighted by Crippen LogP contribution is -2.45. The Labute approximate surface area is 141 Å². The molecule has 0 atom stereocenters. The molecule has 2 fully saturated rings. The second kappa shape index (κ2) is 6.27. The zero-order chi connectivity index (χ0) is 17.4. The van der Waals surface area contributed by atoms with Gasteiger partial charge < -0.3 is 14.6 Å². The highest BCUT2D eigenvalue weighted by atomic mass is 32.2. The van der Waals surface area contributed by atoms with Gasteiger partial charge in [-0.25, -0.2) is 8.42 Å². The monoisotopic (exact) mass is 354 g/mol. The Morgan fingerprint density at radius 3 is 2.38 bits per heavy atom. The maximum Gasteiger partial charge on any atom is 0.314 e. The average molecular weight is 354 g/mol. The van der Waals surface area contributed by atoms with Crippen molar-refractivity contribution in [3.05, 3.63) is 23.8 Å². The molecule has 1 saturated heterocycles. The van der Waals surface area contributed by atoms with Gasteiger partial charge in [-0.3, -0.25) is 4.79 Å². The van der Waals surface area contributed by atoms with E-state index in [1.165, 1.54) is 7.11 Å². The van der Waals surface area contributed by atoms with Gasteiger partial charge in [-0.05, 0) is 30.5 Å². The van der Waals surface area contributed by atoms with Gasteiger partial charge in [0, 0.05) is 0 Å². The fourth-order valence-electron chi connectivity index (χ4n) is 3.61. The number of carbonyl (C=O) groups is 1. The third-order valence-corrected chi connectivity index (χ3v) is 6.77. The zero-order valence-corrected chi connectivity index (χ0v) is 14.5. The highest BCUT2D eigenvalue weighted by molar-refractivity contribution is 7.92. The summed E-state index contributed by atoms with van der Waals surface area (Å²) in [6.45, 7) is 0. The Bertz CT molecular complexity index is 721. The van der Waals surface area contributed by atoms with Crippen molar-refractivity contribution in [2.75, 3.05) is 18.6 Å². The number of methoxy groups -OCH3 is 1. The molecule has 1 heterocycles. The van der Waals surface area contributed by atoms with E-state index in [1.54, 1.807) is 18.2 Å². The molecule has 1 aliphatic heterocycles. The SMILES string of the molecule is COc1ccc(C2(C(=O)O)CCCCC2)cc1OC1CS(=O)(=O)C1. The quantitative estimate of drug-likeness (QED) is 0.871. The van der Waals surface area contributed by atoms with Crippen LogP contribution in [-0.4, -0.2) is 44.2 Å². The van der Waals surface area contributed by atoms with Crippen LogP contribution in [0.3, 0.4) is 0 Å². The summed E-state index contributed by atoms with van der Waals surface area (Å²) in [6, 6.07) is 5.20. The maximum absolute atomic E-state index is 12.0. The lowest BCUT2D eigenvalue weighted by molar-refractivity contribution is -0.145. The normalized spacial score (nSPS) is 22.4. The molecule has 1 N–H and O–H groups in total. The molecule has 0 radical (unpaired) electrons. The van der Waals surface area contributed by atoms with Crippen molar-refractivity contribution >= 4 is 15.8 Å². The molecule has 0 spiro atoms. The van der Waals surface area contributed by atoms with Crippen molar-refractivity contribution in [1.29, 1.82) is 0 Å². The van der Waals surface area contributed by atoms with Crippen molar-refractivity contribution in [1.82, 2.24) is 0 Å². The molecule has 24 heavy (non-hydrogen) atoms. The number of benzene rings is 1. The molecular weight excluding hydrogens is 332 g/mol. The number of carboxylic acid groups (broad SMARTS) is 1. The Morgan fingerprint density at radius 2 is 1.83 bits per heavy atom. The van der Waals surface area contributed by atoms with Gasteiger partial charge in [-0.1, -0.05) is 25.3 Å². The van der Waals surface area contributed by atoms with Gasteiger partial charge in [0.05, 0.1) is 24.0 Å². The van der Waals surface area contributed by atoms with E-state index in [1.807, 2.05) is 0 Å². The number of aliphatic carboxylic acids is 1. The van der Waals surface area contributed by atoms with Crippen LogP contribution >= 0.6 is 0 Å². The van der Waals surface area contributed by atoms with E-state index in [0.29, 0.717) is 29.9 Å². The number of hydrogen-bond acceptors (Lipinski definition) is 5. The van der Waals surface area contributed by atoms with Gasteiger partial charge in [0.2, 0.25) is 0 Å². The first-order chi connectivity index (χ1) is 11.4. The third-order valence-electron chi connectivity index (χ3n) is 5.01. The molecule has 1 aromatic rings. The van der Waals surface area contributed by atoms with E-state index in [2.05, 4.69) is 0 Å². The Morgan fingerprint density at radius 1 is 1.17 bits per heavy atom. The van der Waals surface area contributed by atoms with Gasteiger partial charge in [0.1, 0.15) is 6.10 Å². The van der Waals surface area contributed by atoms with Gasteiger partial charge in [0.25, 0.3) is 0 Å². The van der Waals surface area contributed by atoms with Gasteiger partial charge in [-0.2, -0.15) is 0 Å². The molecule has 1 saturated carbocycles. The van der Waals surface area contributed by atoms with Crippen LogP contribution in [0, 0.1) is 0 Å². The van der Waals surface area contributed by atoms with Crippen LogP contribution in [0.5, 0.6) is 11.5 Å². The number of hydrogen-bond donors (Lipinski definition) is 1. The summed E-state index contributed by atoms with van der Waals surface area (Å²) in [5.41, 5.74) is -0.193. The minimum absolute atomic E-state index is 0.00947. The molecule has 2 aliphatic rings. The van der Waals surface area contributed by atoms with Gasteiger partial charge in [0.15, 0.2) is 21.3 Å². The summed E-state index contributed by atoms with van der Waals surface area (Å²) in [5.74, 6) is 0.0691. The van der Waals surface area contributed by atoms with Crippen molar-refractivity contribution in [2.45, 2.75) is 43.6 Å². The van der Waals surface area contributed by atoms with E-state index < -0.39 is 27.3 Å². The van der Waals surface area contributed by atoms with E-state index >= 15 is 0 Å². The van der Waals surface area contributed by atoms with Crippen LogP contribution in [0.15, 0.2) is 18.2 Å². The van der Waals surface area contributed by atoms with E-state index in [-0.39, 0.29) is 11.5 Å². The molecule has 1 aliphatic carbocycles. The predicted octanol–water partition coefficient (Wildman–Crippen LogP) is 2.16. The average Bonchev–Trinajstić information content (AvgIpc) is 2.53. The first kappa shape index (κ1) is 17.1. The second-order valence-corrected chi connectivity index (χ2v) is 8.78. The fourth-order valence-corrected chi connectivity index (χ4v) is 4.78. The minimum atomic E-state index is -2.99. The predicted molar refractivity (Wildman–Crippen MR) is 88.5 cm³/mol. The van der Waals surface area contributed by atoms with Crippen LogP contribution in [0.25, 0.3) is 0 Å². The summed E-state index contributed by atoms with van der Waals surface area (Å²) in [7, 11) is -1.48. The summed E-state index contributed by atoms with van der Waals surface area (Å²) < 4.78 is 33.7. The van der Waals surface area contributed by atoms with Crippen molar-refractivity contribution in [3.8, 4) is 11.5 Å². The highest BCUT2D eigenvalue weighted by Crippen LogP contribution is 2.43. The molecular formula is C17H22O6S. The molecule has 0 bridgehead atoms. The molecule has 7 heteroatoms. The molecule has 3 rings (SSSR count). The molecule has 0 amide bonds. The smallest absolute Gasteiger partial charge is 0.314 e. The Kier molecular flexibility index (Phi) is 4.46. The van der Waals surface area contributed by atoms with Crippen molar-refractivity contribution < 1.29 is 27.8 Å². The summed E-state index contributed by atoms with van der Waals surface area (Å²) >= 11 is 0. The lowest BCUT2D eigenvalue weighted by Gasteiger charge is -2.34. The molecule has 132 valence electrons. The highest BCUT2D eigenvalue weighted by Gasteiger charge is 2.42. The Hall–Kier alpha value is -1.76. The molecule has 0 unspecified atom stereocenters. The summed E-state index contributed by atoms with van der Waals surface area (Å²) in [4.78, 5) is 12.0. The largest absolute Gasteiger partial charge is 0.493 e. The minimum Gasteiger partial charge on any atom is -0.493 e. The molecule has 1 aromatic carbocycles. The van der Waals surface area contributed by atoms with Crippen LogP contribution < -0.4 is 9.47 Å². The number of sulfone groups is 1. The number of ether oxygens (including phenoxy) is 2. The van der Waals surface area contributed by atoms with E-state index in [0.717, 1.165) is 19.3 Å². The topological polar surface area (TPSA) is 89.9 Å². The standard InChI is InChI=1S/C17H22O6S/c1-22-14-6-5-12(17(16(18)19)7-3-2-4-8-17)9-15(14)23-13-10-24(20,21)11-13/h5-6,9,13H,2-4,7-8,10-11H2,1H3,(H,18,19). The molecule has 0 aromatic heterocycles. The van der Waals surface area contributed by atoms with Crippen molar-refractivity contribution in [3.63, 3.8) is 0 Å². The summed E-state index contributed by atoms with van der Waals surface area (Å²) in [5, 5.41) is 9.82. The van der Waals surface area contributed by atoms with E-state index in [4.69, 9.17) is 9.47 Å². The van der Waals surface area contributed by atoms with E-state index in [9.17, 15) is 18.3 Å². The maximum atomic E-state index is 12.0. The zero-order valence-electron chi connectivity index (χ0n) is 13.7. The third kappa shape index (κ3) is 3.09. The van der Waals surface area contributed by atoms with Crippen LogP contribution in [-0.2, 0) is 20.0 Å². The van der Waals surface area contributed by atoms with Crippen molar-refractivity contribution in [2.24, 2.45) is 0 Å². The first-order valence-corrected chi connectivity index (χ1v) is 9.97. The fraction of sp³-hybridized carbons (Fsp3) is 0.588. The first-order valence-electron chi connectivity index (χ1n) is 8.15. The van der Waals surface area contributed by atoms with Gasteiger partial charge in [-0.15, -0.1) is 0 Å². The Balaban J connectivity index is 1.91.